The lowest BCUT2D eigenvalue weighted by Crippen LogP contribution is -2.17. The summed E-state index contributed by atoms with van der Waals surface area (Å²) < 4.78 is 21.2. The van der Waals surface area contributed by atoms with Crippen molar-refractivity contribution in [3.8, 4) is 16.9 Å². The molecule has 230 valence electrons. The standard InChI is InChI=1S/C31H33N10O3P/c1-40-17-18(16-35-40)20-14-24(26(43-3)15-21(20)25-9-13-44-41(25)2)37-31-38-29-19(8-10-34-29)30(39-31)36-23-7-6-22-27(33-12-11-32-22)28(23)45(4,5)42/h6-8,10-12,14-17,25H,9,13H2,1-5H3,(H3,34,36,37,38,39)/t25-/m1/s1. The Balaban J connectivity index is 1.32. The van der Waals surface area contributed by atoms with Gasteiger partial charge >= 0.3 is 0 Å². The Morgan fingerprint density at radius 3 is 2.64 bits per heavy atom. The van der Waals surface area contributed by atoms with Gasteiger partial charge in [-0.1, -0.05) is 0 Å². The number of H-pyrrole nitrogens is 1. The van der Waals surface area contributed by atoms with Crippen LogP contribution in [0.15, 0.2) is 61.3 Å². The van der Waals surface area contributed by atoms with E-state index in [0.717, 1.165) is 28.5 Å². The van der Waals surface area contributed by atoms with Crippen molar-refractivity contribution in [2.75, 3.05) is 44.7 Å². The fourth-order valence-electron chi connectivity index (χ4n) is 5.89. The molecule has 1 aliphatic heterocycles. The molecule has 0 bridgehead atoms. The van der Waals surface area contributed by atoms with Crippen molar-refractivity contribution in [3.63, 3.8) is 0 Å². The van der Waals surface area contributed by atoms with E-state index in [2.05, 4.69) is 30.7 Å². The highest BCUT2D eigenvalue weighted by atomic mass is 31.2. The summed E-state index contributed by atoms with van der Waals surface area (Å²) in [6.07, 6.45) is 9.73. The SMILES string of the molecule is COc1cc([C@H]2CCON2C)c(-c2cnn(C)c2)cc1Nc1nc(Nc2ccc3nccnc3c2P(C)(C)=O)c2cc[nH]c2n1. The Kier molecular flexibility index (Phi) is 7.23. The van der Waals surface area contributed by atoms with Crippen LogP contribution in [0.1, 0.15) is 18.0 Å². The van der Waals surface area contributed by atoms with Crippen LogP contribution in [-0.2, 0) is 16.5 Å². The molecular formula is C31H33N10O3P. The summed E-state index contributed by atoms with van der Waals surface area (Å²) in [5, 5.41) is 14.5. The second-order valence-corrected chi connectivity index (χ2v) is 14.5. The molecule has 5 heterocycles. The van der Waals surface area contributed by atoms with Gasteiger partial charge in [-0.25, -0.2) is 0 Å². The maximum absolute atomic E-state index is 13.5. The average molecular weight is 625 g/mol. The van der Waals surface area contributed by atoms with Gasteiger partial charge in [0.05, 0.1) is 53.5 Å². The third-order valence-electron chi connectivity index (χ3n) is 7.94. The van der Waals surface area contributed by atoms with E-state index in [0.29, 0.717) is 57.5 Å². The molecule has 1 saturated heterocycles. The minimum absolute atomic E-state index is 0.0550. The largest absolute Gasteiger partial charge is 0.495 e. The first-order valence-corrected chi connectivity index (χ1v) is 17.0. The van der Waals surface area contributed by atoms with E-state index in [4.69, 9.17) is 19.5 Å². The number of benzene rings is 2. The fraction of sp³-hybridized carbons (Fsp3) is 0.258. The Hall–Kier alpha value is -4.84. The predicted molar refractivity (Wildman–Crippen MR) is 175 cm³/mol. The van der Waals surface area contributed by atoms with E-state index in [1.165, 1.54) is 0 Å². The first-order chi connectivity index (χ1) is 21.7. The molecule has 1 aliphatic rings. The molecule has 0 amide bonds. The molecule has 0 aliphatic carbocycles. The number of nitrogens with zero attached hydrogens (tertiary/aromatic N) is 7. The quantitative estimate of drug-likeness (QED) is 0.188. The second kappa shape index (κ2) is 11.3. The summed E-state index contributed by atoms with van der Waals surface area (Å²) >= 11 is 0. The predicted octanol–water partition coefficient (Wildman–Crippen LogP) is 5.35. The van der Waals surface area contributed by atoms with Gasteiger partial charge in [0.1, 0.15) is 29.9 Å². The van der Waals surface area contributed by atoms with Crippen LogP contribution >= 0.6 is 7.14 Å². The summed E-state index contributed by atoms with van der Waals surface area (Å²) in [5.41, 5.74) is 6.27. The fourth-order valence-corrected chi connectivity index (χ4v) is 7.28. The summed E-state index contributed by atoms with van der Waals surface area (Å²) in [5.74, 6) is 1.51. The minimum Gasteiger partial charge on any atom is -0.495 e. The van der Waals surface area contributed by atoms with Gasteiger partial charge in [-0.15, -0.1) is 0 Å². The van der Waals surface area contributed by atoms with Gasteiger partial charge < -0.3 is 24.9 Å². The van der Waals surface area contributed by atoms with Crippen LogP contribution in [0.25, 0.3) is 33.2 Å². The molecule has 6 aromatic rings. The molecule has 0 spiro atoms. The molecule has 45 heavy (non-hydrogen) atoms. The zero-order valence-electron chi connectivity index (χ0n) is 25.6. The van der Waals surface area contributed by atoms with Crippen molar-refractivity contribution in [2.24, 2.45) is 7.05 Å². The van der Waals surface area contributed by atoms with E-state index < -0.39 is 7.14 Å². The van der Waals surface area contributed by atoms with Gasteiger partial charge in [0.15, 0.2) is 0 Å². The lowest BCUT2D eigenvalue weighted by Gasteiger charge is -2.23. The molecule has 7 rings (SSSR count). The molecule has 4 aromatic heterocycles. The van der Waals surface area contributed by atoms with Crippen molar-refractivity contribution in [2.45, 2.75) is 12.5 Å². The summed E-state index contributed by atoms with van der Waals surface area (Å²) in [4.78, 5) is 27.5. The molecule has 1 fully saturated rings. The van der Waals surface area contributed by atoms with Crippen LogP contribution in [0.4, 0.5) is 23.1 Å². The number of hydrogen-bond donors (Lipinski definition) is 3. The van der Waals surface area contributed by atoms with E-state index in [9.17, 15) is 4.57 Å². The number of fused-ring (bicyclic) bond motifs is 2. The number of aromatic nitrogens is 7. The third kappa shape index (κ3) is 5.39. The number of aromatic amines is 1. The van der Waals surface area contributed by atoms with Crippen molar-refractivity contribution in [3.05, 3.63) is 66.9 Å². The Morgan fingerprint density at radius 1 is 1.07 bits per heavy atom. The lowest BCUT2D eigenvalue weighted by molar-refractivity contribution is -0.110. The number of rotatable bonds is 8. The average Bonchev–Trinajstić information content (AvgIpc) is 3.77. The molecule has 2 aromatic carbocycles. The molecule has 13 nitrogen and oxygen atoms in total. The topological polar surface area (TPSA) is 148 Å². The third-order valence-corrected chi connectivity index (χ3v) is 9.47. The number of methoxy groups -OCH3 is 1. The molecule has 14 heteroatoms. The summed E-state index contributed by atoms with van der Waals surface area (Å²) in [6.45, 7) is 4.10. The van der Waals surface area contributed by atoms with Gasteiger partial charge in [0.2, 0.25) is 5.95 Å². The van der Waals surface area contributed by atoms with Crippen LogP contribution < -0.4 is 20.7 Å². The Labute approximate surface area is 259 Å². The smallest absolute Gasteiger partial charge is 0.231 e. The van der Waals surface area contributed by atoms with Gasteiger partial charge in [-0.05, 0) is 61.2 Å². The molecule has 0 unspecified atom stereocenters. The molecule has 0 radical (unpaired) electrons. The van der Waals surface area contributed by atoms with E-state index in [1.807, 2.05) is 68.1 Å². The molecule has 1 atom stereocenters. The number of anilines is 4. The van der Waals surface area contributed by atoms with Crippen LogP contribution in [0.3, 0.4) is 0 Å². The van der Waals surface area contributed by atoms with Gasteiger partial charge in [-0.3, -0.25) is 19.5 Å². The number of hydroxylamine groups is 2. The highest BCUT2D eigenvalue weighted by Gasteiger charge is 2.29. The highest BCUT2D eigenvalue weighted by Crippen LogP contribution is 2.43. The second-order valence-electron chi connectivity index (χ2n) is 11.3. The van der Waals surface area contributed by atoms with Crippen molar-refractivity contribution in [1.29, 1.82) is 0 Å². The molecule has 0 saturated carbocycles. The normalized spacial score (nSPS) is 15.6. The van der Waals surface area contributed by atoms with Crippen LogP contribution in [-0.4, -0.2) is 73.9 Å². The Morgan fingerprint density at radius 2 is 1.91 bits per heavy atom. The summed E-state index contributed by atoms with van der Waals surface area (Å²) in [7, 11) is 2.70. The van der Waals surface area contributed by atoms with Gasteiger partial charge in [-0.2, -0.15) is 20.1 Å². The lowest BCUT2D eigenvalue weighted by atomic mass is 9.94. The summed E-state index contributed by atoms with van der Waals surface area (Å²) in [6, 6.07) is 9.75. The first kappa shape index (κ1) is 28.9. The van der Waals surface area contributed by atoms with Crippen LogP contribution in [0.5, 0.6) is 5.75 Å². The van der Waals surface area contributed by atoms with Crippen LogP contribution in [0, 0.1) is 0 Å². The van der Waals surface area contributed by atoms with E-state index in [-0.39, 0.29) is 6.04 Å². The zero-order valence-corrected chi connectivity index (χ0v) is 26.5. The van der Waals surface area contributed by atoms with Gasteiger partial charge in [0.25, 0.3) is 0 Å². The maximum Gasteiger partial charge on any atom is 0.231 e. The molecule has 3 N–H and O–H groups in total. The van der Waals surface area contributed by atoms with E-state index in [1.54, 1.807) is 37.5 Å². The first-order valence-electron chi connectivity index (χ1n) is 14.4. The molecular weight excluding hydrogens is 591 g/mol. The number of ether oxygens (including phenoxy) is 1. The van der Waals surface area contributed by atoms with Crippen molar-refractivity contribution < 1.29 is 14.1 Å². The maximum atomic E-state index is 13.5. The Bertz CT molecular complexity index is 2100. The number of nitrogens with one attached hydrogen (secondary N) is 3. The zero-order chi connectivity index (χ0) is 31.3. The van der Waals surface area contributed by atoms with Crippen LogP contribution in [0.2, 0.25) is 0 Å². The monoisotopic (exact) mass is 624 g/mol. The van der Waals surface area contributed by atoms with Gasteiger partial charge in [0, 0.05) is 44.4 Å². The highest BCUT2D eigenvalue weighted by molar-refractivity contribution is 7.71. The number of aryl methyl sites for hydroxylation is 1. The van der Waals surface area contributed by atoms with Crippen molar-refractivity contribution in [1.82, 2.24) is 39.8 Å². The minimum atomic E-state index is -2.78. The number of hydrogen-bond acceptors (Lipinski definition) is 11. The van der Waals surface area contributed by atoms with Crippen molar-refractivity contribution >= 4 is 57.7 Å². The van der Waals surface area contributed by atoms with E-state index >= 15 is 0 Å².